The molecule has 18 heavy (non-hydrogen) atoms. The van der Waals surface area contributed by atoms with E-state index in [1.165, 1.54) is 5.69 Å². The van der Waals surface area contributed by atoms with Gasteiger partial charge in [0.05, 0.1) is 23.0 Å². The number of hydrogen-bond acceptors (Lipinski definition) is 2. The lowest BCUT2D eigenvalue weighted by Gasteiger charge is -2.08. The van der Waals surface area contributed by atoms with E-state index in [2.05, 4.69) is 47.0 Å². The molecule has 2 aromatic rings. The van der Waals surface area contributed by atoms with Crippen LogP contribution in [0.3, 0.4) is 0 Å². The van der Waals surface area contributed by atoms with Gasteiger partial charge in [-0.3, -0.25) is 0 Å². The number of halogens is 1. The molecule has 1 aromatic heterocycles. The average molecular weight is 304 g/mol. The van der Waals surface area contributed by atoms with Crippen LogP contribution in [0.4, 0.5) is 0 Å². The summed E-state index contributed by atoms with van der Waals surface area (Å²) in [5.41, 5.74) is 3.89. The summed E-state index contributed by atoms with van der Waals surface area (Å²) >= 11 is 3.51. The molecule has 0 atom stereocenters. The van der Waals surface area contributed by atoms with Crippen LogP contribution in [0.1, 0.15) is 30.8 Å². The maximum Gasteiger partial charge on any atom is 0.0992 e. The van der Waals surface area contributed by atoms with Crippen molar-refractivity contribution >= 4 is 15.9 Å². The highest BCUT2D eigenvalue weighted by Gasteiger charge is 2.10. The average Bonchev–Trinajstić information content (AvgIpc) is 2.81. The monoisotopic (exact) mass is 303 g/mol. The molecule has 0 aliphatic carbocycles. The number of aryl methyl sites for hydroxylation is 2. The van der Waals surface area contributed by atoms with Crippen LogP contribution in [0.25, 0.3) is 5.69 Å². The molecule has 0 aliphatic rings. The van der Waals surface area contributed by atoms with E-state index in [9.17, 15) is 0 Å². The molecule has 3 nitrogen and oxygen atoms in total. The van der Waals surface area contributed by atoms with Crippen molar-refractivity contribution in [2.45, 2.75) is 26.7 Å². The van der Waals surface area contributed by atoms with E-state index in [1.807, 2.05) is 22.9 Å². The summed E-state index contributed by atoms with van der Waals surface area (Å²) in [4.78, 5) is 0. The number of nitrogens with zero attached hydrogens (tertiary/aromatic N) is 3. The molecule has 0 spiro atoms. The fourth-order valence-electron chi connectivity index (χ4n) is 1.86. The van der Waals surface area contributed by atoms with Crippen LogP contribution < -0.4 is 0 Å². The molecule has 1 heterocycles. The molecule has 0 saturated carbocycles. The zero-order valence-electron chi connectivity index (χ0n) is 10.4. The first-order valence-corrected chi connectivity index (χ1v) is 6.76. The number of aromatic nitrogens is 2. The van der Waals surface area contributed by atoms with Crippen molar-refractivity contribution in [3.8, 4) is 11.8 Å². The maximum absolute atomic E-state index is 8.87. The molecule has 4 heteroatoms. The van der Waals surface area contributed by atoms with Gasteiger partial charge in [0, 0.05) is 10.2 Å². The van der Waals surface area contributed by atoms with Gasteiger partial charge >= 0.3 is 0 Å². The predicted octanol–water partition coefficient (Wildman–Crippen LogP) is 3.63. The second-order valence-corrected chi connectivity index (χ2v) is 4.88. The summed E-state index contributed by atoms with van der Waals surface area (Å²) < 4.78 is 2.84. The highest BCUT2D eigenvalue weighted by molar-refractivity contribution is 9.10. The van der Waals surface area contributed by atoms with Crippen LogP contribution in [0.15, 0.2) is 28.7 Å². The Labute approximate surface area is 115 Å². The molecule has 1 aromatic carbocycles. The summed E-state index contributed by atoms with van der Waals surface area (Å²) in [5.74, 6) is 0. The summed E-state index contributed by atoms with van der Waals surface area (Å²) in [6, 6.07) is 9.82. The summed E-state index contributed by atoms with van der Waals surface area (Å²) in [7, 11) is 0. The number of benzene rings is 1. The van der Waals surface area contributed by atoms with Gasteiger partial charge in [0.2, 0.25) is 0 Å². The molecular weight excluding hydrogens is 290 g/mol. The number of hydrogen-bond donors (Lipinski definition) is 0. The molecule has 0 aliphatic heterocycles. The smallest absolute Gasteiger partial charge is 0.0992 e. The SMILES string of the molecule is CCc1cc(CC)n(-c2ccc(C#N)cc2Br)n1. The second-order valence-electron chi connectivity index (χ2n) is 4.02. The predicted molar refractivity (Wildman–Crippen MR) is 74.7 cm³/mol. The quantitative estimate of drug-likeness (QED) is 0.869. The molecule has 0 N–H and O–H groups in total. The molecule has 0 bridgehead atoms. The van der Waals surface area contributed by atoms with E-state index in [4.69, 9.17) is 5.26 Å². The highest BCUT2D eigenvalue weighted by Crippen LogP contribution is 2.24. The zero-order chi connectivity index (χ0) is 13.1. The maximum atomic E-state index is 8.87. The first kappa shape index (κ1) is 12.8. The topological polar surface area (TPSA) is 41.6 Å². The Morgan fingerprint density at radius 2 is 2.06 bits per heavy atom. The van der Waals surface area contributed by atoms with Crippen molar-refractivity contribution < 1.29 is 0 Å². The van der Waals surface area contributed by atoms with Gasteiger partial charge in [0.1, 0.15) is 0 Å². The third-order valence-electron chi connectivity index (χ3n) is 2.86. The highest BCUT2D eigenvalue weighted by atomic mass is 79.9. The third-order valence-corrected chi connectivity index (χ3v) is 3.50. The second kappa shape index (κ2) is 5.36. The van der Waals surface area contributed by atoms with Gasteiger partial charge in [-0.2, -0.15) is 10.4 Å². The number of nitriles is 1. The lowest BCUT2D eigenvalue weighted by molar-refractivity contribution is 0.791. The molecule has 0 radical (unpaired) electrons. The van der Waals surface area contributed by atoms with Crippen molar-refractivity contribution in [2.75, 3.05) is 0 Å². The Morgan fingerprint density at radius 3 is 2.61 bits per heavy atom. The van der Waals surface area contributed by atoms with Gasteiger partial charge in [0.15, 0.2) is 0 Å². The minimum atomic E-state index is 0.645. The molecular formula is C14H14BrN3. The van der Waals surface area contributed by atoms with Crippen LogP contribution in [0, 0.1) is 11.3 Å². The number of rotatable bonds is 3. The normalized spacial score (nSPS) is 10.3. The Bertz CT molecular complexity index is 608. The first-order valence-electron chi connectivity index (χ1n) is 5.97. The van der Waals surface area contributed by atoms with Gasteiger partial charge in [-0.05, 0) is 53.0 Å². The Kier molecular flexibility index (Phi) is 3.83. The van der Waals surface area contributed by atoms with Gasteiger partial charge in [-0.25, -0.2) is 4.68 Å². The molecule has 92 valence electrons. The Balaban J connectivity index is 2.54. The molecule has 0 saturated heterocycles. The van der Waals surface area contributed by atoms with Crippen LogP contribution >= 0.6 is 15.9 Å². The van der Waals surface area contributed by atoms with E-state index >= 15 is 0 Å². The van der Waals surface area contributed by atoms with Crippen molar-refractivity contribution in [1.82, 2.24) is 9.78 Å². The van der Waals surface area contributed by atoms with E-state index in [0.717, 1.165) is 28.7 Å². The van der Waals surface area contributed by atoms with Crippen LogP contribution in [0.5, 0.6) is 0 Å². The van der Waals surface area contributed by atoms with Gasteiger partial charge < -0.3 is 0 Å². The molecule has 2 rings (SSSR count). The van der Waals surface area contributed by atoms with Crippen LogP contribution in [-0.2, 0) is 12.8 Å². The van der Waals surface area contributed by atoms with Crippen molar-refractivity contribution in [1.29, 1.82) is 5.26 Å². The largest absolute Gasteiger partial charge is 0.236 e. The van der Waals surface area contributed by atoms with Gasteiger partial charge in [-0.15, -0.1) is 0 Å². The lowest BCUT2D eigenvalue weighted by atomic mass is 10.2. The van der Waals surface area contributed by atoms with Crippen molar-refractivity contribution in [2.24, 2.45) is 0 Å². The van der Waals surface area contributed by atoms with Gasteiger partial charge in [-0.1, -0.05) is 13.8 Å². The van der Waals surface area contributed by atoms with E-state index in [1.54, 1.807) is 0 Å². The van der Waals surface area contributed by atoms with Gasteiger partial charge in [0.25, 0.3) is 0 Å². The van der Waals surface area contributed by atoms with Crippen LogP contribution in [0.2, 0.25) is 0 Å². The minimum absolute atomic E-state index is 0.645. The standard InChI is InChI=1S/C14H14BrN3/c1-3-11-8-12(4-2)18(17-11)14-6-5-10(9-16)7-13(14)15/h5-8H,3-4H2,1-2H3. The van der Waals surface area contributed by atoms with E-state index in [0.29, 0.717) is 5.56 Å². The van der Waals surface area contributed by atoms with Crippen molar-refractivity contribution in [3.05, 3.63) is 45.7 Å². The minimum Gasteiger partial charge on any atom is -0.236 e. The van der Waals surface area contributed by atoms with E-state index < -0.39 is 0 Å². The van der Waals surface area contributed by atoms with Crippen molar-refractivity contribution in [3.63, 3.8) is 0 Å². The lowest BCUT2D eigenvalue weighted by Crippen LogP contribution is -2.02. The fraction of sp³-hybridized carbons (Fsp3) is 0.286. The summed E-state index contributed by atoms with van der Waals surface area (Å²) in [6.45, 7) is 4.21. The first-order chi connectivity index (χ1) is 8.69. The molecule has 0 unspecified atom stereocenters. The Morgan fingerprint density at radius 1 is 1.28 bits per heavy atom. The van der Waals surface area contributed by atoms with E-state index in [-0.39, 0.29) is 0 Å². The third kappa shape index (κ3) is 2.32. The summed E-state index contributed by atoms with van der Waals surface area (Å²) in [5, 5.41) is 13.5. The molecule has 0 fully saturated rings. The Hall–Kier alpha value is -1.60. The zero-order valence-corrected chi connectivity index (χ0v) is 12.0. The molecule has 0 amide bonds. The fourth-order valence-corrected chi connectivity index (χ4v) is 2.40. The summed E-state index contributed by atoms with van der Waals surface area (Å²) in [6.07, 6.45) is 1.85. The van der Waals surface area contributed by atoms with Crippen LogP contribution in [-0.4, -0.2) is 9.78 Å².